The maximum absolute atomic E-state index is 5.22. The second-order valence-electron chi connectivity index (χ2n) is 4.40. The highest BCUT2D eigenvalue weighted by Crippen LogP contribution is 2.14. The van der Waals surface area contributed by atoms with Crippen LogP contribution >= 0.6 is 12.2 Å². The van der Waals surface area contributed by atoms with Crippen molar-refractivity contribution in [1.82, 2.24) is 19.9 Å². The molecule has 2 aromatic heterocycles. The molecule has 0 saturated heterocycles. The Morgan fingerprint density at radius 1 is 1.27 bits per heavy atom. The number of nitrogens with zero attached hydrogens (tertiary/aromatic N) is 4. The molecule has 0 spiro atoms. The first-order chi connectivity index (χ1) is 10.8. The largest absolute Gasteiger partial charge is 0.497 e. The van der Waals surface area contributed by atoms with Crippen LogP contribution in [0, 0.1) is 4.77 Å². The van der Waals surface area contributed by atoms with E-state index in [9.17, 15) is 0 Å². The molecule has 0 bridgehead atoms. The summed E-state index contributed by atoms with van der Waals surface area (Å²) in [6, 6.07) is 13.2. The Kier molecular flexibility index (Phi) is 4.06. The molecule has 0 radical (unpaired) electrons. The van der Waals surface area contributed by atoms with Crippen LogP contribution in [0.5, 0.6) is 5.75 Å². The smallest absolute Gasteiger partial charge is 0.216 e. The van der Waals surface area contributed by atoms with Crippen LogP contribution in [-0.4, -0.2) is 33.2 Å². The molecule has 0 aliphatic rings. The lowest BCUT2D eigenvalue weighted by molar-refractivity contribution is 0.415. The van der Waals surface area contributed by atoms with Crippen molar-refractivity contribution < 1.29 is 4.74 Å². The number of nitrogens with one attached hydrogen (secondary N) is 1. The number of H-pyrrole nitrogens is 1. The summed E-state index contributed by atoms with van der Waals surface area (Å²) < 4.78 is 7.13. The van der Waals surface area contributed by atoms with Gasteiger partial charge in [-0.2, -0.15) is 14.9 Å². The van der Waals surface area contributed by atoms with E-state index < -0.39 is 0 Å². The fourth-order valence-electron chi connectivity index (χ4n) is 1.91. The van der Waals surface area contributed by atoms with Gasteiger partial charge in [-0.05, 0) is 42.0 Å². The van der Waals surface area contributed by atoms with Crippen molar-refractivity contribution in [3.8, 4) is 17.3 Å². The normalized spacial score (nSPS) is 11.0. The van der Waals surface area contributed by atoms with Crippen molar-refractivity contribution in [3.63, 3.8) is 0 Å². The molecule has 0 fully saturated rings. The molecule has 2 heterocycles. The van der Waals surface area contributed by atoms with Gasteiger partial charge >= 0.3 is 0 Å². The zero-order chi connectivity index (χ0) is 15.4. The van der Waals surface area contributed by atoms with Gasteiger partial charge in [-0.1, -0.05) is 18.2 Å². The highest BCUT2D eigenvalue weighted by Gasteiger charge is 2.08. The van der Waals surface area contributed by atoms with E-state index in [4.69, 9.17) is 17.0 Å². The third kappa shape index (κ3) is 2.94. The van der Waals surface area contributed by atoms with Crippen LogP contribution in [0.1, 0.15) is 5.56 Å². The number of benzene rings is 1. The van der Waals surface area contributed by atoms with Gasteiger partial charge in [0.2, 0.25) is 10.6 Å². The number of ether oxygens (including phenoxy) is 1. The summed E-state index contributed by atoms with van der Waals surface area (Å²) in [6.07, 6.45) is 3.39. The van der Waals surface area contributed by atoms with Crippen molar-refractivity contribution in [2.45, 2.75) is 0 Å². The lowest BCUT2D eigenvalue weighted by Gasteiger charge is -2.01. The van der Waals surface area contributed by atoms with Crippen LogP contribution in [0.25, 0.3) is 11.5 Å². The van der Waals surface area contributed by atoms with E-state index >= 15 is 0 Å². The molecule has 0 unspecified atom stereocenters. The van der Waals surface area contributed by atoms with E-state index in [1.165, 1.54) is 4.68 Å². The number of rotatable bonds is 4. The second kappa shape index (κ2) is 6.31. The second-order valence-corrected chi connectivity index (χ2v) is 4.79. The molecule has 0 saturated carbocycles. The molecule has 1 aromatic carbocycles. The lowest BCUT2D eigenvalue weighted by atomic mass is 10.2. The van der Waals surface area contributed by atoms with Crippen molar-refractivity contribution in [2.24, 2.45) is 5.10 Å². The van der Waals surface area contributed by atoms with Gasteiger partial charge in [-0.15, -0.1) is 0 Å². The summed E-state index contributed by atoms with van der Waals surface area (Å²) in [5.41, 5.74) is 1.59. The molecule has 0 atom stereocenters. The molecule has 7 heteroatoms. The van der Waals surface area contributed by atoms with E-state index in [1.807, 2.05) is 42.5 Å². The van der Waals surface area contributed by atoms with Gasteiger partial charge in [0.1, 0.15) is 11.4 Å². The average molecular weight is 311 g/mol. The molecule has 0 amide bonds. The number of hydrogen-bond acceptors (Lipinski definition) is 5. The van der Waals surface area contributed by atoms with Crippen LogP contribution in [0.4, 0.5) is 0 Å². The van der Waals surface area contributed by atoms with E-state index in [-0.39, 0.29) is 0 Å². The van der Waals surface area contributed by atoms with Crippen molar-refractivity contribution in [3.05, 3.63) is 59.0 Å². The zero-order valence-electron chi connectivity index (χ0n) is 11.8. The molecular weight excluding hydrogens is 298 g/mol. The van der Waals surface area contributed by atoms with Gasteiger partial charge in [0.05, 0.1) is 13.3 Å². The fourth-order valence-corrected chi connectivity index (χ4v) is 2.09. The monoisotopic (exact) mass is 311 g/mol. The predicted molar refractivity (Wildman–Crippen MR) is 86.6 cm³/mol. The Balaban J connectivity index is 1.97. The molecule has 3 aromatic rings. The lowest BCUT2D eigenvalue weighted by Crippen LogP contribution is -1.96. The average Bonchev–Trinajstić information content (AvgIpc) is 2.95. The summed E-state index contributed by atoms with van der Waals surface area (Å²) in [4.78, 5) is 4.26. The van der Waals surface area contributed by atoms with Gasteiger partial charge in [0.25, 0.3) is 0 Å². The third-order valence-corrected chi connectivity index (χ3v) is 3.22. The minimum Gasteiger partial charge on any atom is -0.497 e. The number of hydrogen-bond donors (Lipinski definition) is 1. The Hall–Kier alpha value is -2.80. The summed E-state index contributed by atoms with van der Waals surface area (Å²) in [6.45, 7) is 0. The van der Waals surface area contributed by atoms with Gasteiger partial charge < -0.3 is 4.74 Å². The van der Waals surface area contributed by atoms with E-state index in [0.717, 1.165) is 11.3 Å². The predicted octanol–water partition coefficient (Wildman–Crippen LogP) is 2.89. The molecule has 0 aliphatic carbocycles. The first-order valence-electron chi connectivity index (χ1n) is 6.55. The fraction of sp³-hybridized carbons (Fsp3) is 0.0667. The standard InChI is InChI=1S/C15H13N5OS/c1-21-12-6-4-5-11(9-12)10-17-20-14(18-19-15(20)22)13-7-2-3-8-16-13/h2-10H,1H3,(H,19,22). The van der Waals surface area contributed by atoms with Crippen LogP contribution in [0.2, 0.25) is 0 Å². The van der Waals surface area contributed by atoms with Gasteiger partial charge in [0, 0.05) is 6.20 Å². The van der Waals surface area contributed by atoms with E-state index in [0.29, 0.717) is 16.3 Å². The van der Waals surface area contributed by atoms with Crippen LogP contribution in [0.15, 0.2) is 53.8 Å². The molecule has 110 valence electrons. The van der Waals surface area contributed by atoms with Crippen molar-refractivity contribution in [1.29, 1.82) is 0 Å². The van der Waals surface area contributed by atoms with Gasteiger partial charge in [0.15, 0.2) is 0 Å². The number of aromatic nitrogens is 4. The Morgan fingerprint density at radius 2 is 2.18 bits per heavy atom. The SMILES string of the molecule is COc1cccc(C=Nn2c(-c3ccccn3)n[nH]c2=S)c1. The minimum atomic E-state index is 0.403. The highest BCUT2D eigenvalue weighted by atomic mass is 32.1. The topological polar surface area (TPSA) is 68.1 Å². The van der Waals surface area contributed by atoms with Crippen molar-refractivity contribution >= 4 is 18.4 Å². The molecule has 3 rings (SSSR count). The molecule has 6 nitrogen and oxygen atoms in total. The molecule has 1 N–H and O–H groups in total. The molecule has 22 heavy (non-hydrogen) atoms. The quantitative estimate of drug-likeness (QED) is 0.594. The maximum Gasteiger partial charge on any atom is 0.216 e. The Labute approximate surface area is 132 Å². The highest BCUT2D eigenvalue weighted by molar-refractivity contribution is 7.71. The third-order valence-electron chi connectivity index (χ3n) is 2.96. The Bertz CT molecular complexity index is 854. The van der Waals surface area contributed by atoms with E-state index in [2.05, 4.69) is 20.3 Å². The maximum atomic E-state index is 5.22. The first-order valence-corrected chi connectivity index (χ1v) is 6.96. The van der Waals surface area contributed by atoms with Gasteiger partial charge in [-0.25, -0.2) is 5.10 Å². The van der Waals surface area contributed by atoms with Crippen LogP contribution in [-0.2, 0) is 0 Å². The summed E-state index contributed by atoms with van der Waals surface area (Å²) in [7, 11) is 1.63. The summed E-state index contributed by atoms with van der Waals surface area (Å²) in [5.74, 6) is 1.33. The minimum absolute atomic E-state index is 0.403. The first kappa shape index (κ1) is 14.2. The van der Waals surface area contributed by atoms with Gasteiger partial charge in [-0.3, -0.25) is 4.98 Å². The zero-order valence-corrected chi connectivity index (χ0v) is 12.6. The van der Waals surface area contributed by atoms with Crippen LogP contribution in [0.3, 0.4) is 0 Å². The molecular formula is C15H13N5OS. The number of pyridine rings is 1. The number of methoxy groups -OCH3 is 1. The summed E-state index contributed by atoms with van der Waals surface area (Å²) in [5, 5.41) is 11.3. The number of aromatic amines is 1. The van der Waals surface area contributed by atoms with E-state index in [1.54, 1.807) is 19.5 Å². The summed E-state index contributed by atoms with van der Waals surface area (Å²) >= 11 is 5.22. The van der Waals surface area contributed by atoms with Crippen molar-refractivity contribution in [2.75, 3.05) is 7.11 Å². The molecule has 0 aliphatic heterocycles. The Morgan fingerprint density at radius 3 is 2.95 bits per heavy atom. The van der Waals surface area contributed by atoms with Crippen LogP contribution < -0.4 is 4.74 Å².